The van der Waals surface area contributed by atoms with E-state index in [4.69, 9.17) is 16.3 Å². The second-order valence-corrected chi connectivity index (χ2v) is 6.47. The molecule has 1 aromatic carbocycles. The van der Waals surface area contributed by atoms with E-state index >= 15 is 0 Å². The van der Waals surface area contributed by atoms with Crippen LogP contribution >= 0.6 is 36.4 Å². The number of aromatic nitrogens is 1. The third kappa shape index (κ3) is 5.96. The van der Waals surface area contributed by atoms with Gasteiger partial charge in [-0.15, -0.1) is 24.8 Å². The van der Waals surface area contributed by atoms with Crippen molar-refractivity contribution in [3.05, 3.63) is 40.5 Å². The maximum Gasteiger partial charge on any atom is 0.252 e. The summed E-state index contributed by atoms with van der Waals surface area (Å²) in [5.41, 5.74) is 2.49. The number of amides is 1. The van der Waals surface area contributed by atoms with Crippen molar-refractivity contribution in [3.8, 4) is 0 Å². The predicted molar refractivity (Wildman–Crippen MR) is 110 cm³/mol. The van der Waals surface area contributed by atoms with Crippen molar-refractivity contribution in [2.45, 2.75) is 18.8 Å². The summed E-state index contributed by atoms with van der Waals surface area (Å²) in [4.78, 5) is 17.3. The van der Waals surface area contributed by atoms with Crippen LogP contribution in [0.25, 0.3) is 10.9 Å². The van der Waals surface area contributed by atoms with Crippen molar-refractivity contribution in [2.24, 2.45) is 0 Å². The van der Waals surface area contributed by atoms with E-state index in [0.717, 1.165) is 36.0 Å². The second-order valence-electron chi connectivity index (χ2n) is 6.03. The largest absolute Gasteiger partial charge is 0.383 e. The van der Waals surface area contributed by atoms with Gasteiger partial charge in [0.25, 0.3) is 5.91 Å². The Morgan fingerprint density at radius 2 is 2.00 bits per heavy atom. The zero-order valence-electron chi connectivity index (χ0n) is 14.6. The van der Waals surface area contributed by atoms with Crippen molar-refractivity contribution in [1.82, 2.24) is 15.6 Å². The lowest BCUT2D eigenvalue weighted by Crippen LogP contribution is -2.33. The van der Waals surface area contributed by atoms with Crippen molar-refractivity contribution < 1.29 is 9.53 Å². The van der Waals surface area contributed by atoms with E-state index < -0.39 is 0 Å². The zero-order chi connectivity index (χ0) is 16.9. The van der Waals surface area contributed by atoms with Gasteiger partial charge in [0.05, 0.1) is 17.7 Å². The molecule has 1 saturated carbocycles. The standard InChI is InChI=1S/C18H22ClN3O2.2ClH/c1-24-9-8-20-6-7-21-18(23)15-11-17(12-2-3-12)22-16-5-4-13(19)10-14(15)16;;/h4-5,10-12,20H,2-3,6-9H2,1H3,(H,21,23);2*1H. The molecule has 144 valence electrons. The molecule has 0 saturated heterocycles. The first-order chi connectivity index (χ1) is 11.7. The number of benzene rings is 1. The van der Waals surface area contributed by atoms with Crippen molar-refractivity contribution >= 4 is 53.2 Å². The van der Waals surface area contributed by atoms with E-state index in [0.29, 0.717) is 36.2 Å². The number of ether oxygens (including phenoxy) is 1. The van der Waals surface area contributed by atoms with E-state index in [1.807, 2.05) is 24.3 Å². The lowest BCUT2D eigenvalue weighted by atomic mass is 10.1. The summed E-state index contributed by atoms with van der Waals surface area (Å²) in [6.07, 6.45) is 2.30. The molecule has 0 radical (unpaired) electrons. The normalized spacial score (nSPS) is 13.0. The highest BCUT2D eigenvalue weighted by atomic mass is 35.5. The average Bonchev–Trinajstić information content (AvgIpc) is 3.42. The highest BCUT2D eigenvalue weighted by Crippen LogP contribution is 2.40. The second kappa shape index (κ2) is 10.9. The van der Waals surface area contributed by atoms with Crippen molar-refractivity contribution in [3.63, 3.8) is 0 Å². The van der Waals surface area contributed by atoms with Gasteiger partial charge in [0, 0.05) is 48.8 Å². The lowest BCUT2D eigenvalue weighted by Gasteiger charge is -2.11. The Labute approximate surface area is 171 Å². The number of halogens is 3. The molecule has 1 aliphatic carbocycles. The van der Waals surface area contributed by atoms with Crippen LogP contribution in [0.2, 0.25) is 5.02 Å². The molecule has 8 heteroatoms. The summed E-state index contributed by atoms with van der Waals surface area (Å²) in [6, 6.07) is 7.43. The van der Waals surface area contributed by atoms with Crippen LogP contribution in [0.1, 0.15) is 34.8 Å². The molecule has 0 atom stereocenters. The quantitative estimate of drug-likeness (QED) is 0.641. The maximum atomic E-state index is 12.6. The first-order valence-corrected chi connectivity index (χ1v) is 8.65. The fraction of sp³-hybridized carbons (Fsp3) is 0.444. The molecule has 2 N–H and O–H groups in total. The number of rotatable bonds is 8. The summed E-state index contributed by atoms with van der Waals surface area (Å²) in [6.45, 7) is 2.69. The fourth-order valence-electron chi connectivity index (χ4n) is 2.65. The van der Waals surface area contributed by atoms with Gasteiger partial charge in [0.1, 0.15) is 0 Å². The van der Waals surface area contributed by atoms with Crippen molar-refractivity contribution in [2.75, 3.05) is 33.4 Å². The molecule has 1 fully saturated rings. The van der Waals surface area contributed by atoms with Gasteiger partial charge in [-0.1, -0.05) is 11.6 Å². The number of fused-ring (bicyclic) bond motifs is 1. The van der Waals surface area contributed by atoms with Gasteiger partial charge in [-0.2, -0.15) is 0 Å². The minimum absolute atomic E-state index is 0. The van der Waals surface area contributed by atoms with Crippen LogP contribution < -0.4 is 10.6 Å². The van der Waals surface area contributed by atoms with Crippen LogP contribution in [-0.2, 0) is 4.74 Å². The Bertz CT molecular complexity index is 739. The molecule has 26 heavy (non-hydrogen) atoms. The van der Waals surface area contributed by atoms with Crippen LogP contribution in [0, 0.1) is 0 Å². The van der Waals surface area contributed by atoms with Gasteiger partial charge in [-0.25, -0.2) is 0 Å². The number of hydrogen-bond acceptors (Lipinski definition) is 4. The molecule has 0 aliphatic heterocycles. The molecule has 5 nitrogen and oxygen atoms in total. The molecular formula is C18H24Cl3N3O2. The Kier molecular flexibility index (Phi) is 9.61. The van der Waals surface area contributed by atoms with Gasteiger partial charge >= 0.3 is 0 Å². The van der Waals surface area contributed by atoms with Gasteiger partial charge in [0.2, 0.25) is 0 Å². The van der Waals surface area contributed by atoms with Crippen LogP contribution in [0.15, 0.2) is 24.3 Å². The number of carbonyl (C=O) groups is 1. The number of nitrogens with one attached hydrogen (secondary N) is 2. The van der Waals surface area contributed by atoms with E-state index in [-0.39, 0.29) is 30.7 Å². The van der Waals surface area contributed by atoms with Crippen LogP contribution in [-0.4, -0.2) is 44.2 Å². The number of hydrogen-bond donors (Lipinski definition) is 2. The highest BCUT2D eigenvalue weighted by Gasteiger charge is 2.27. The van der Waals surface area contributed by atoms with Crippen LogP contribution in [0.5, 0.6) is 0 Å². The zero-order valence-corrected chi connectivity index (χ0v) is 17.0. The maximum absolute atomic E-state index is 12.6. The minimum Gasteiger partial charge on any atom is -0.383 e. The van der Waals surface area contributed by atoms with Crippen LogP contribution in [0.3, 0.4) is 0 Å². The first-order valence-electron chi connectivity index (χ1n) is 8.27. The number of pyridine rings is 1. The smallest absolute Gasteiger partial charge is 0.252 e. The monoisotopic (exact) mass is 419 g/mol. The summed E-state index contributed by atoms with van der Waals surface area (Å²) in [7, 11) is 1.67. The molecule has 2 aromatic rings. The first kappa shape index (κ1) is 22.9. The Balaban J connectivity index is 0.00000169. The molecular weight excluding hydrogens is 397 g/mol. The SMILES string of the molecule is COCCNCCNC(=O)c1cc(C2CC2)nc2ccc(Cl)cc12.Cl.Cl. The van der Waals surface area contributed by atoms with Crippen LogP contribution in [0.4, 0.5) is 0 Å². The molecule has 1 amide bonds. The van der Waals surface area contributed by atoms with E-state index in [1.54, 1.807) is 7.11 Å². The average molecular weight is 421 g/mol. The third-order valence-corrected chi connectivity index (χ3v) is 4.34. The predicted octanol–water partition coefficient (Wildman–Crippen LogP) is 3.58. The Morgan fingerprint density at radius 3 is 2.69 bits per heavy atom. The summed E-state index contributed by atoms with van der Waals surface area (Å²) in [5.74, 6) is 0.410. The molecule has 1 heterocycles. The molecule has 0 unspecified atom stereocenters. The summed E-state index contributed by atoms with van der Waals surface area (Å²) in [5, 5.41) is 7.58. The molecule has 1 aliphatic rings. The molecule has 3 rings (SSSR count). The van der Waals surface area contributed by atoms with E-state index in [2.05, 4.69) is 15.6 Å². The van der Waals surface area contributed by atoms with E-state index in [1.165, 1.54) is 0 Å². The summed E-state index contributed by atoms with van der Waals surface area (Å²) >= 11 is 6.10. The molecule has 0 bridgehead atoms. The van der Waals surface area contributed by atoms with Gasteiger partial charge in [-0.3, -0.25) is 9.78 Å². The molecule has 1 aromatic heterocycles. The fourth-order valence-corrected chi connectivity index (χ4v) is 2.83. The van der Waals surface area contributed by atoms with E-state index in [9.17, 15) is 4.79 Å². The number of carbonyl (C=O) groups excluding carboxylic acids is 1. The Morgan fingerprint density at radius 1 is 1.23 bits per heavy atom. The topological polar surface area (TPSA) is 63.2 Å². The van der Waals surface area contributed by atoms with Gasteiger partial charge in [-0.05, 0) is 37.1 Å². The van der Waals surface area contributed by atoms with Gasteiger partial charge in [0.15, 0.2) is 0 Å². The number of nitrogens with zero attached hydrogens (tertiary/aromatic N) is 1. The minimum atomic E-state index is -0.0832. The number of methoxy groups -OCH3 is 1. The van der Waals surface area contributed by atoms with Gasteiger partial charge < -0.3 is 15.4 Å². The Hall–Kier alpha value is -1.11. The third-order valence-electron chi connectivity index (χ3n) is 4.10. The summed E-state index contributed by atoms with van der Waals surface area (Å²) < 4.78 is 4.97. The molecule has 0 spiro atoms. The van der Waals surface area contributed by atoms with Crippen molar-refractivity contribution in [1.29, 1.82) is 0 Å². The highest BCUT2D eigenvalue weighted by molar-refractivity contribution is 6.31. The lowest BCUT2D eigenvalue weighted by molar-refractivity contribution is 0.0955.